The van der Waals surface area contributed by atoms with Crippen molar-refractivity contribution in [2.24, 2.45) is 5.92 Å². The van der Waals surface area contributed by atoms with Crippen molar-refractivity contribution in [3.8, 4) is 11.5 Å². The van der Waals surface area contributed by atoms with Crippen molar-refractivity contribution in [3.63, 3.8) is 0 Å². The molecule has 0 aliphatic heterocycles. The smallest absolute Gasteiger partial charge is 0.276 e. The van der Waals surface area contributed by atoms with Crippen molar-refractivity contribution in [3.05, 3.63) is 64.2 Å². The molecule has 0 aliphatic carbocycles. The molecule has 0 unspecified atom stereocenters. The van der Waals surface area contributed by atoms with Gasteiger partial charge >= 0.3 is 0 Å². The number of para-hydroxylation sites is 1. The number of carbonyl (C=O) groups is 2. The highest BCUT2D eigenvalue weighted by Crippen LogP contribution is 2.19. The molecule has 0 spiro atoms. The zero-order chi connectivity index (χ0) is 20.5. The van der Waals surface area contributed by atoms with Crippen LogP contribution in [0.4, 0.5) is 5.69 Å². The Labute approximate surface area is 161 Å². The minimum absolute atomic E-state index is 0.0811. The van der Waals surface area contributed by atoms with Crippen molar-refractivity contribution in [1.29, 1.82) is 0 Å². The van der Waals surface area contributed by atoms with E-state index < -0.39 is 16.7 Å². The molecule has 9 nitrogen and oxygen atoms in total. The number of amides is 2. The first-order valence-electron chi connectivity index (χ1n) is 8.55. The van der Waals surface area contributed by atoms with E-state index in [1.807, 2.05) is 13.8 Å². The summed E-state index contributed by atoms with van der Waals surface area (Å²) in [4.78, 5) is 34.2. The molecule has 0 fully saturated rings. The van der Waals surface area contributed by atoms with Gasteiger partial charge in [0.1, 0.15) is 11.5 Å². The molecule has 148 valence electrons. The van der Waals surface area contributed by atoms with Crippen molar-refractivity contribution >= 4 is 17.5 Å². The first-order chi connectivity index (χ1) is 13.4. The fraction of sp³-hybridized carbons (Fsp3) is 0.263. The Morgan fingerprint density at radius 3 is 2.36 bits per heavy atom. The molecule has 0 saturated carbocycles. The number of non-ortho nitro benzene ring substituents is 1. The lowest BCUT2D eigenvalue weighted by Crippen LogP contribution is -2.43. The number of carbonyl (C=O) groups excluding carboxylic acids is 2. The number of ether oxygens (including phenoxy) is 2. The number of nitro groups is 1. The summed E-state index contributed by atoms with van der Waals surface area (Å²) in [6.45, 7) is 4.07. The summed E-state index contributed by atoms with van der Waals surface area (Å²) >= 11 is 0. The lowest BCUT2D eigenvalue weighted by molar-refractivity contribution is -0.384. The summed E-state index contributed by atoms with van der Waals surface area (Å²) in [6.07, 6.45) is 0. The lowest BCUT2D eigenvalue weighted by Gasteiger charge is -2.13. The number of benzene rings is 2. The molecular weight excluding hydrogens is 366 g/mol. The van der Waals surface area contributed by atoms with Crippen LogP contribution in [0.2, 0.25) is 0 Å². The molecule has 2 N–H and O–H groups in total. The third kappa shape index (κ3) is 6.27. The van der Waals surface area contributed by atoms with Gasteiger partial charge in [-0.05, 0) is 30.2 Å². The van der Waals surface area contributed by atoms with Crippen LogP contribution in [0, 0.1) is 16.0 Å². The van der Waals surface area contributed by atoms with Gasteiger partial charge in [-0.25, -0.2) is 0 Å². The second-order valence-corrected chi connectivity index (χ2v) is 6.24. The summed E-state index contributed by atoms with van der Waals surface area (Å²) in [6, 6.07) is 12.0. The van der Waals surface area contributed by atoms with Crippen LogP contribution in [0.3, 0.4) is 0 Å². The van der Waals surface area contributed by atoms with Crippen LogP contribution in [0.15, 0.2) is 48.5 Å². The molecule has 0 aliphatic rings. The predicted molar refractivity (Wildman–Crippen MR) is 101 cm³/mol. The van der Waals surface area contributed by atoms with Crippen LogP contribution < -0.4 is 20.3 Å². The Kier molecular flexibility index (Phi) is 7.32. The number of nitro benzene ring substituents is 1. The van der Waals surface area contributed by atoms with E-state index in [-0.39, 0.29) is 12.3 Å². The van der Waals surface area contributed by atoms with Gasteiger partial charge in [0.05, 0.1) is 17.1 Å². The largest absolute Gasteiger partial charge is 0.492 e. The Morgan fingerprint density at radius 2 is 1.71 bits per heavy atom. The molecule has 0 heterocycles. The molecule has 28 heavy (non-hydrogen) atoms. The fourth-order valence-electron chi connectivity index (χ4n) is 2.08. The third-order valence-corrected chi connectivity index (χ3v) is 3.44. The van der Waals surface area contributed by atoms with Crippen molar-refractivity contribution in [1.82, 2.24) is 10.9 Å². The average molecular weight is 387 g/mol. The van der Waals surface area contributed by atoms with Crippen molar-refractivity contribution in [2.75, 3.05) is 13.2 Å². The molecule has 2 amide bonds. The summed E-state index contributed by atoms with van der Waals surface area (Å²) in [5.74, 6) is -0.104. The highest BCUT2D eigenvalue weighted by atomic mass is 16.6. The fourth-order valence-corrected chi connectivity index (χ4v) is 2.08. The molecule has 0 bridgehead atoms. The van der Waals surface area contributed by atoms with Gasteiger partial charge in [0.15, 0.2) is 6.61 Å². The zero-order valence-electron chi connectivity index (χ0n) is 15.5. The van der Waals surface area contributed by atoms with Gasteiger partial charge in [0.2, 0.25) is 0 Å². The molecule has 9 heteroatoms. The second-order valence-electron chi connectivity index (χ2n) is 6.24. The van der Waals surface area contributed by atoms with E-state index in [9.17, 15) is 19.7 Å². The van der Waals surface area contributed by atoms with Gasteiger partial charge in [-0.1, -0.05) is 26.0 Å². The number of hydrogen-bond acceptors (Lipinski definition) is 6. The van der Waals surface area contributed by atoms with E-state index in [1.165, 1.54) is 24.3 Å². The molecule has 2 rings (SSSR count). The Hall–Kier alpha value is -3.62. The highest BCUT2D eigenvalue weighted by molar-refractivity contribution is 5.97. The molecule has 0 radical (unpaired) electrons. The normalized spacial score (nSPS) is 10.2. The van der Waals surface area contributed by atoms with Crippen molar-refractivity contribution in [2.45, 2.75) is 13.8 Å². The molecule has 2 aromatic rings. The van der Waals surface area contributed by atoms with E-state index in [1.54, 1.807) is 24.3 Å². The van der Waals surface area contributed by atoms with Crippen LogP contribution in [0.5, 0.6) is 11.5 Å². The third-order valence-electron chi connectivity index (χ3n) is 3.44. The van der Waals surface area contributed by atoms with Crippen LogP contribution in [-0.4, -0.2) is 30.0 Å². The maximum atomic E-state index is 12.3. The maximum Gasteiger partial charge on any atom is 0.276 e. The van der Waals surface area contributed by atoms with Crippen LogP contribution in [0.25, 0.3) is 0 Å². The molecule has 0 saturated heterocycles. The summed E-state index contributed by atoms with van der Waals surface area (Å²) < 4.78 is 10.8. The number of nitrogens with one attached hydrogen (secondary N) is 2. The van der Waals surface area contributed by atoms with Gasteiger partial charge < -0.3 is 9.47 Å². The summed E-state index contributed by atoms with van der Waals surface area (Å²) in [5.41, 5.74) is 4.76. The van der Waals surface area contributed by atoms with Crippen LogP contribution in [0.1, 0.15) is 24.2 Å². The topological polar surface area (TPSA) is 120 Å². The molecule has 0 aromatic heterocycles. The first-order valence-corrected chi connectivity index (χ1v) is 8.55. The van der Waals surface area contributed by atoms with E-state index in [0.717, 1.165) is 0 Å². The number of nitrogens with zero attached hydrogens (tertiary/aromatic N) is 1. The molecular formula is C19H21N3O6. The predicted octanol–water partition coefficient (Wildman–Crippen LogP) is 2.47. The first kappa shape index (κ1) is 20.7. The average Bonchev–Trinajstić information content (AvgIpc) is 2.69. The number of rotatable bonds is 8. The van der Waals surface area contributed by atoms with Gasteiger partial charge in [0.25, 0.3) is 17.5 Å². The number of hydrogen-bond donors (Lipinski definition) is 2. The quantitative estimate of drug-likeness (QED) is 0.530. The Bertz CT molecular complexity index is 836. The van der Waals surface area contributed by atoms with Gasteiger partial charge in [-0.15, -0.1) is 0 Å². The minimum atomic E-state index is -0.590. The maximum absolute atomic E-state index is 12.3. The monoisotopic (exact) mass is 387 g/mol. The summed E-state index contributed by atoms with van der Waals surface area (Å²) in [7, 11) is 0. The van der Waals surface area contributed by atoms with Crippen molar-refractivity contribution < 1.29 is 24.0 Å². The van der Waals surface area contributed by atoms with E-state index in [0.29, 0.717) is 29.6 Å². The van der Waals surface area contributed by atoms with Gasteiger partial charge in [-0.2, -0.15) is 0 Å². The lowest BCUT2D eigenvalue weighted by atomic mass is 10.2. The minimum Gasteiger partial charge on any atom is -0.492 e. The Balaban J connectivity index is 1.84. The molecule has 0 atom stereocenters. The second kappa shape index (κ2) is 9.91. The summed E-state index contributed by atoms with van der Waals surface area (Å²) in [5, 5.41) is 10.6. The van der Waals surface area contributed by atoms with Crippen LogP contribution in [-0.2, 0) is 4.79 Å². The van der Waals surface area contributed by atoms with E-state index in [4.69, 9.17) is 9.47 Å². The van der Waals surface area contributed by atoms with Gasteiger partial charge in [-0.3, -0.25) is 30.6 Å². The standard InChI is InChI=1S/C19H21N3O6/c1-13(2)11-28-17-6-4-3-5-16(17)19(24)21-20-18(23)12-27-15-9-7-14(8-10-15)22(25)26/h3-10,13H,11-12H2,1-2H3,(H,20,23)(H,21,24). The number of hydrazine groups is 1. The molecule has 2 aromatic carbocycles. The Morgan fingerprint density at radius 1 is 1.04 bits per heavy atom. The SMILES string of the molecule is CC(C)COc1ccccc1C(=O)NNC(=O)COc1ccc([N+](=O)[O-])cc1. The van der Waals surface area contributed by atoms with Crippen LogP contribution >= 0.6 is 0 Å². The zero-order valence-corrected chi connectivity index (χ0v) is 15.5. The van der Waals surface area contributed by atoms with Gasteiger partial charge in [0, 0.05) is 12.1 Å². The van der Waals surface area contributed by atoms with E-state index in [2.05, 4.69) is 10.9 Å². The van der Waals surface area contributed by atoms with E-state index >= 15 is 0 Å². The highest BCUT2D eigenvalue weighted by Gasteiger charge is 2.14.